The molecule has 0 aliphatic rings. The molecule has 5 rings (SSSR count). The Morgan fingerprint density at radius 1 is 0.919 bits per heavy atom. The number of para-hydroxylation sites is 1. The van der Waals surface area contributed by atoms with E-state index in [4.69, 9.17) is 4.42 Å². The minimum absolute atomic E-state index is 0.0881. The van der Waals surface area contributed by atoms with Crippen molar-refractivity contribution in [3.05, 3.63) is 130 Å². The summed E-state index contributed by atoms with van der Waals surface area (Å²) in [7, 11) is 0. The van der Waals surface area contributed by atoms with Crippen LogP contribution in [0.25, 0.3) is 10.9 Å². The second-order valence-electron chi connectivity index (χ2n) is 8.24. The summed E-state index contributed by atoms with van der Waals surface area (Å²) in [4.78, 5) is 24.2. The van der Waals surface area contributed by atoms with Crippen molar-refractivity contribution >= 4 is 44.6 Å². The molecule has 8 heteroatoms. The highest BCUT2D eigenvalue weighted by atomic mass is 79.9. The second kappa shape index (κ2) is 11.2. The molecule has 0 spiro atoms. The zero-order valence-corrected chi connectivity index (χ0v) is 21.2. The molecule has 0 unspecified atom stereocenters. The van der Waals surface area contributed by atoms with E-state index < -0.39 is 0 Å². The first kappa shape index (κ1) is 24.4. The molecular weight excluding hydrogens is 535 g/mol. The molecule has 0 atom stereocenters. The van der Waals surface area contributed by atoms with Crippen molar-refractivity contribution < 1.29 is 13.6 Å². The molecule has 0 saturated carbocycles. The van der Waals surface area contributed by atoms with Gasteiger partial charge in [-0.1, -0.05) is 72.8 Å². The number of urea groups is 1. The standard InChI is InChI=1S/C29H22BrFN4O2/c30-24-17-22(31)15-16-26(24)33-27-23-13-7-8-14-25(23)34-29(37-27)35(19-21-11-5-2-6-12-21)28(36)32-18-20-9-3-1-4-10-20/h1-17H,18-19H2,(H,32,36). The molecule has 1 N–H and O–H groups in total. The summed E-state index contributed by atoms with van der Waals surface area (Å²) in [5.41, 5.74) is 3.21. The second-order valence-corrected chi connectivity index (χ2v) is 9.10. The van der Waals surface area contributed by atoms with Crippen LogP contribution in [0.1, 0.15) is 11.1 Å². The maximum Gasteiger partial charge on any atom is 0.326 e. The summed E-state index contributed by atoms with van der Waals surface area (Å²) in [6.45, 7) is 0.578. The van der Waals surface area contributed by atoms with Gasteiger partial charge in [-0.05, 0) is 57.4 Å². The predicted octanol–water partition coefficient (Wildman–Crippen LogP) is 6.88. The molecule has 0 radical (unpaired) electrons. The molecule has 6 nitrogen and oxygen atoms in total. The molecule has 0 fully saturated rings. The van der Waals surface area contributed by atoms with Crippen LogP contribution in [0.15, 0.2) is 117 Å². The minimum atomic E-state index is -0.382. The number of nitrogens with one attached hydrogen (secondary N) is 1. The molecule has 37 heavy (non-hydrogen) atoms. The van der Waals surface area contributed by atoms with Crippen molar-refractivity contribution in [2.45, 2.75) is 13.1 Å². The number of fused-ring (bicyclic) bond motifs is 1. The van der Waals surface area contributed by atoms with E-state index in [0.717, 1.165) is 11.1 Å². The number of nitrogens with zero attached hydrogens (tertiary/aromatic N) is 3. The van der Waals surface area contributed by atoms with Crippen LogP contribution in [0, 0.1) is 5.82 Å². The lowest BCUT2D eigenvalue weighted by Crippen LogP contribution is -2.40. The first-order chi connectivity index (χ1) is 18.1. The van der Waals surface area contributed by atoms with Gasteiger partial charge in [0.15, 0.2) is 0 Å². The van der Waals surface area contributed by atoms with Crippen LogP contribution in [-0.2, 0) is 13.1 Å². The van der Waals surface area contributed by atoms with Crippen molar-refractivity contribution in [3.8, 4) is 0 Å². The van der Waals surface area contributed by atoms with Crippen molar-refractivity contribution in [3.63, 3.8) is 0 Å². The van der Waals surface area contributed by atoms with E-state index in [1.165, 1.54) is 17.0 Å². The Labute approximate surface area is 221 Å². The lowest BCUT2D eigenvalue weighted by Gasteiger charge is -2.21. The maximum atomic E-state index is 13.6. The molecule has 5 aromatic rings. The number of hydrogen-bond donors (Lipinski definition) is 1. The van der Waals surface area contributed by atoms with Gasteiger partial charge < -0.3 is 9.73 Å². The monoisotopic (exact) mass is 556 g/mol. The Morgan fingerprint density at radius 2 is 1.59 bits per heavy atom. The molecular formula is C29H22BrFN4O2. The summed E-state index contributed by atoms with van der Waals surface area (Å²) in [6, 6.07) is 30.6. The third kappa shape index (κ3) is 5.92. The van der Waals surface area contributed by atoms with Crippen LogP contribution in [0.4, 0.5) is 20.9 Å². The fourth-order valence-electron chi connectivity index (χ4n) is 3.76. The van der Waals surface area contributed by atoms with Crippen molar-refractivity contribution in [2.24, 2.45) is 4.99 Å². The summed E-state index contributed by atoms with van der Waals surface area (Å²) < 4.78 is 20.3. The number of benzene rings is 4. The number of amides is 2. The average Bonchev–Trinajstić information content (AvgIpc) is 2.93. The smallest absolute Gasteiger partial charge is 0.326 e. The quantitative estimate of drug-likeness (QED) is 0.248. The number of carbonyl (C=O) groups is 1. The number of hydrogen-bond acceptors (Lipinski definition) is 4. The van der Waals surface area contributed by atoms with Gasteiger partial charge in [0.2, 0.25) is 5.55 Å². The zero-order valence-electron chi connectivity index (χ0n) is 19.6. The Kier molecular flexibility index (Phi) is 7.37. The van der Waals surface area contributed by atoms with Crippen molar-refractivity contribution in [1.29, 1.82) is 0 Å². The Hall–Kier alpha value is -4.30. The third-order valence-corrected chi connectivity index (χ3v) is 6.25. The highest BCUT2D eigenvalue weighted by molar-refractivity contribution is 9.10. The summed E-state index contributed by atoms with van der Waals surface area (Å²) in [6.07, 6.45) is 0. The molecule has 4 aromatic carbocycles. The van der Waals surface area contributed by atoms with Crippen LogP contribution in [-0.4, -0.2) is 11.0 Å². The van der Waals surface area contributed by atoms with E-state index in [-0.39, 0.29) is 30.0 Å². The zero-order chi connectivity index (χ0) is 25.6. The van der Waals surface area contributed by atoms with Crippen molar-refractivity contribution in [2.75, 3.05) is 4.90 Å². The van der Waals surface area contributed by atoms with Crippen molar-refractivity contribution in [1.82, 2.24) is 10.3 Å². The van der Waals surface area contributed by atoms with Crippen LogP contribution in [0.2, 0.25) is 0 Å². The molecule has 0 saturated heterocycles. The van der Waals surface area contributed by atoms with Gasteiger partial charge in [0.05, 0.1) is 23.1 Å². The van der Waals surface area contributed by atoms with E-state index >= 15 is 0 Å². The Bertz CT molecular complexity index is 1610. The van der Waals surface area contributed by atoms with E-state index in [2.05, 4.69) is 31.2 Å². The van der Waals surface area contributed by atoms with Gasteiger partial charge in [0.1, 0.15) is 5.82 Å². The van der Waals surface area contributed by atoms with Gasteiger partial charge in [0, 0.05) is 11.0 Å². The van der Waals surface area contributed by atoms with Gasteiger partial charge in [0.25, 0.3) is 0 Å². The average molecular weight is 557 g/mol. The molecule has 1 aromatic heterocycles. The van der Waals surface area contributed by atoms with Gasteiger partial charge in [-0.25, -0.2) is 19.1 Å². The SMILES string of the molecule is O=C(NCc1ccccc1)N(Cc1ccccc1)c1nc2ccccc2c(=Nc2ccc(F)cc2Br)o1. The fourth-order valence-corrected chi connectivity index (χ4v) is 4.20. The van der Waals surface area contributed by atoms with E-state index in [9.17, 15) is 9.18 Å². The topological polar surface area (TPSA) is 70.7 Å². The number of anilines is 1. The third-order valence-electron chi connectivity index (χ3n) is 5.62. The van der Waals surface area contributed by atoms with E-state index in [1.54, 1.807) is 6.07 Å². The summed E-state index contributed by atoms with van der Waals surface area (Å²) in [5.74, 6) is -0.382. The summed E-state index contributed by atoms with van der Waals surface area (Å²) >= 11 is 3.36. The number of aromatic nitrogens is 1. The highest BCUT2D eigenvalue weighted by Gasteiger charge is 2.21. The number of carbonyl (C=O) groups excluding carboxylic acids is 1. The molecule has 0 bridgehead atoms. The van der Waals surface area contributed by atoms with E-state index in [0.29, 0.717) is 27.6 Å². The maximum absolute atomic E-state index is 13.6. The summed E-state index contributed by atoms with van der Waals surface area (Å²) in [5, 5.41) is 3.62. The molecule has 184 valence electrons. The van der Waals surface area contributed by atoms with Crippen LogP contribution in [0.5, 0.6) is 0 Å². The minimum Gasteiger partial charge on any atom is -0.406 e. The fraction of sp³-hybridized carbons (Fsp3) is 0.0690. The first-order valence-corrected chi connectivity index (χ1v) is 12.4. The normalized spacial score (nSPS) is 11.5. The molecule has 0 aliphatic heterocycles. The van der Waals surface area contributed by atoms with Gasteiger partial charge >= 0.3 is 12.0 Å². The van der Waals surface area contributed by atoms with Crippen LogP contribution in [0.3, 0.4) is 0 Å². The number of rotatable bonds is 6. The van der Waals surface area contributed by atoms with Gasteiger partial charge in [-0.3, -0.25) is 0 Å². The first-order valence-electron chi connectivity index (χ1n) is 11.6. The van der Waals surface area contributed by atoms with Gasteiger partial charge in [-0.15, -0.1) is 0 Å². The molecule has 1 heterocycles. The molecule has 2 amide bonds. The van der Waals surface area contributed by atoms with Crippen LogP contribution < -0.4 is 15.8 Å². The Balaban J connectivity index is 1.59. The van der Waals surface area contributed by atoms with E-state index in [1.807, 2.05) is 84.9 Å². The lowest BCUT2D eigenvalue weighted by molar-refractivity contribution is 0.243. The Morgan fingerprint density at radius 3 is 2.32 bits per heavy atom. The number of halogens is 2. The highest BCUT2D eigenvalue weighted by Crippen LogP contribution is 2.26. The largest absolute Gasteiger partial charge is 0.406 e. The lowest BCUT2D eigenvalue weighted by atomic mass is 10.2. The molecule has 0 aliphatic carbocycles. The van der Waals surface area contributed by atoms with Gasteiger partial charge in [-0.2, -0.15) is 4.98 Å². The van der Waals surface area contributed by atoms with Crippen LogP contribution >= 0.6 is 15.9 Å². The predicted molar refractivity (Wildman–Crippen MR) is 145 cm³/mol.